The summed E-state index contributed by atoms with van der Waals surface area (Å²) < 4.78 is 0. The monoisotopic (exact) mass is 256 g/mol. The molecule has 0 bridgehead atoms. The Morgan fingerprint density at radius 2 is 1.17 bits per heavy atom. The fourth-order valence-corrected chi connectivity index (χ4v) is 2.16. The quantitative estimate of drug-likeness (QED) is 0.484. The predicted molar refractivity (Wildman–Crippen MR) is 72.9 cm³/mol. The molecule has 0 radical (unpaired) electrons. The van der Waals surface area contributed by atoms with Gasteiger partial charge in [-0.1, -0.05) is 71.8 Å². The van der Waals surface area contributed by atoms with Crippen molar-refractivity contribution in [3.05, 3.63) is 78.9 Å². The first-order valence-corrected chi connectivity index (χ1v) is 5.82. The molecule has 1 heteroatoms. The van der Waals surface area contributed by atoms with E-state index in [1.165, 1.54) is 22.3 Å². The third kappa shape index (κ3) is 2.87. The molecule has 0 saturated heterocycles. The van der Waals surface area contributed by atoms with Crippen LogP contribution in [0, 0.1) is 0 Å². The van der Waals surface area contributed by atoms with Gasteiger partial charge in [0, 0.05) is 0 Å². The van der Waals surface area contributed by atoms with Crippen LogP contribution in [0.25, 0.3) is 22.3 Å². The molecule has 3 aromatic rings. The van der Waals surface area contributed by atoms with Crippen molar-refractivity contribution < 1.29 is 51.4 Å². The minimum atomic E-state index is 0. The van der Waals surface area contributed by atoms with Gasteiger partial charge in [-0.05, 0) is 0 Å². The summed E-state index contributed by atoms with van der Waals surface area (Å²) in [6, 6.07) is 27.5. The summed E-state index contributed by atoms with van der Waals surface area (Å²) >= 11 is 0. The van der Waals surface area contributed by atoms with E-state index in [1.807, 2.05) is 0 Å². The first kappa shape index (κ1) is 13.8. The van der Waals surface area contributed by atoms with E-state index in [-0.39, 0.29) is 51.4 Å². The molecule has 0 N–H and O–H groups in total. The van der Waals surface area contributed by atoms with Crippen molar-refractivity contribution in [3.8, 4) is 22.3 Å². The van der Waals surface area contributed by atoms with E-state index in [2.05, 4.69) is 78.9 Å². The number of benzene rings is 2. The maximum atomic E-state index is 2.18. The maximum absolute atomic E-state index is 2.18. The van der Waals surface area contributed by atoms with Gasteiger partial charge in [-0.3, -0.25) is 0 Å². The average Bonchev–Trinajstić information content (AvgIpc) is 2.90. The maximum Gasteiger partial charge on any atom is 1.00 e. The van der Waals surface area contributed by atoms with Crippen LogP contribution in [0.4, 0.5) is 0 Å². The van der Waals surface area contributed by atoms with Crippen molar-refractivity contribution >= 4 is 0 Å². The van der Waals surface area contributed by atoms with Crippen molar-refractivity contribution in [2.45, 2.75) is 0 Å². The zero-order valence-electron chi connectivity index (χ0n) is 10.5. The van der Waals surface area contributed by atoms with Gasteiger partial charge in [0.1, 0.15) is 0 Å². The molecule has 18 heavy (non-hydrogen) atoms. The molecule has 0 aliphatic heterocycles. The molecule has 0 fully saturated rings. The Morgan fingerprint density at radius 3 is 1.78 bits per heavy atom. The fraction of sp³-hybridized carbons (Fsp3) is 0. The molecule has 0 aromatic heterocycles. The third-order valence-electron chi connectivity index (χ3n) is 2.99. The molecule has 82 valence electrons. The van der Waals surface area contributed by atoms with Crippen LogP contribution < -0.4 is 51.4 Å². The van der Waals surface area contributed by atoms with E-state index in [4.69, 9.17) is 0 Å². The molecule has 0 nitrogen and oxygen atoms in total. The summed E-state index contributed by atoms with van der Waals surface area (Å²) in [5.74, 6) is 0. The summed E-state index contributed by atoms with van der Waals surface area (Å²) in [5.41, 5.74) is 5.15. The Morgan fingerprint density at radius 1 is 0.611 bits per heavy atom. The number of hydrogen-bond donors (Lipinski definition) is 0. The molecular formula is C17H13K. The molecule has 0 saturated carbocycles. The van der Waals surface area contributed by atoms with Crippen molar-refractivity contribution in [1.29, 1.82) is 0 Å². The zero-order valence-corrected chi connectivity index (χ0v) is 13.6. The summed E-state index contributed by atoms with van der Waals surface area (Å²) in [6.45, 7) is 0. The van der Waals surface area contributed by atoms with E-state index in [9.17, 15) is 0 Å². The topological polar surface area (TPSA) is 0 Å². The van der Waals surface area contributed by atoms with Crippen LogP contribution >= 0.6 is 0 Å². The van der Waals surface area contributed by atoms with E-state index in [0.29, 0.717) is 0 Å². The molecule has 0 atom stereocenters. The van der Waals surface area contributed by atoms with Crippen molar-refractivity contribution in [2.75, 3.05) is 0 Å². The largest absolute Gasteiger partial charge is 1.00 e. The van der Waals surface area contributed by atoms with Gasteiger partial charge < -0.3 is 0 Å². The number of hydrogen-bond acceptors (Lipinski definition) is 0. The Kier molecular flexibility index (Phi) is 5.04. The zero-order chi connectivity index (χ0) is 11.5. The molecule has 3 rings (SSSR count). The second kappa shape index (κ2) is 6.55. The molecule has 0 spiro atoms. The molecular weight excluding hydrogens is 243 g/mol. The standard InChI is InChI=1S/C17H13.K/c1-3-8-14(9-4-1)16-12-7-13-17(16)15-10-5-2-6-11-15;/h1-13H;/q-1;+1. The van der Waals surface area contributed by atoms with Gasteiger partial charge in [-0.25, -0.2) is 0 Å². The van der Waals surface area contributed by atoms with Gasteiger partial charge >= 0.3 is 51.4 Å². The second-order valence-corrected chi connectivity index (χ2v) is 4.09. The van der Waals surface area contributed by atoms with Crippen LogP contribution in [0.1, 0.15) is 0 Å². The second-order valence-electron chi connectivity index (χ2n) is 4.09. The van der Waals surface area contributed by atoms with Crippen LogP contribution in [0.5, 0.6) is 0 Å². The Balaban J connectivity index is 0.00000120. The van der Waals surface area contributed by atoms with Gasteiger partial charge in [-0.15, -0.1) is 17.2 Å². The summed E-state index contributed by atoms with van der Waals surface area (Å²) in [6.07, 6.45) is 0. The predicted octanol–water partition coefficient (Wildman–Crippen LogP) is 1.74. The molecule has 0 amide bonds. The first-order valence-electron chi connectivity index (χ1n) is 5.82. The first-order chi connectivity index (χ1) is 8.45. The molecule has 0 aliphatic rings. The molecule has 0 aliphatic carbocycles. The average molecular weight is 256 g/mol. The van der Waals surface area contributed by atoms with Crippen LogP contribution in [0.15, 0.2) is 78.9 Å². The van der Waals surface area contributed by atoms with Gasteiger partial charge in [-0.2, -0.15) is 12.1 Å². The van der Waals surface area contributed by atoms with Crippen LogP contribution in [-0.2, 0) is 0 Å². The van der Waals surface area contributed by atoms with Crippen LogP contribution in [0.3, 0.4) is 0 Å². The number of rotatable bonds is 2. The Hall–Kier alpha value is -0.574. The van der Waals surface area contributed by atoms with E-state index < -0.39 is 0 Å². The normalized spacial score (nSPS) is 9.78. The summed E-state index contributed by atoms with van der Waals surface area (Å²) in [7, 11) is 0. The fourth-order valence-electron chi connectivity index (χ4n) is 2.16. The molecule has 3 aromatic carbocycles. The van der Waals surface area contributed by atoms with E-state index >= 15 is 0 Å². The van der Waals surface area contributed by atoms with E-state index in [0.717, 1.165) is 0 Å². The van der Waals surface area contributed by atoms with Gasteiger partial charge in [0.2, 0.25) is 0 Å². The van der Waals surface area contributed by atoms with Crippen molar-refractivity contribution in [2.24, 2.45) is 0 Å². The molecule has 0 unspecified atom stereocenters. The van der Waals surface area contributed by atoms with Crippen molar-refractivity contribution in [1.82, 2.24) is 0 Å². The van der Waals surface area contributed by atoms with Gasteiger partial charge in [0.25, 0.3) is 0 Å². The SMILES string of the molecule is [K+].c1ccc(-c2cc[cH-]c2-c2ccccc2)cc1. The summed E-state index contributed by atoms with van der Waals surface area (Å²) in [5, 5.41) is 0. The Labute approximate surface area is 150 Å². The van der Waals surface area contributed by atoms with E-state index in [1.54, 1.807) is 0 Å². The van der Waals surface area contributed by atoms with Gasteiger partial charge in [0.15, 0.2) is 0 Å². The summed E-state index contributed by atoms with van der Waals surface area (Å²) in [4.78, 5) is 0. The molecule has 0 heterocycles. The minimum Gasteiger partial charge on any atom is -0.168 e. The van der Waals surface area contributed by atoms with Crippen molar-refractivity contribution in [3.63, 3.8) is 0 Å². The third-order valence-corrected chi connectivity index (χ3v) is 2.99. The minimum absolute atomic E-state index is 0. The smallest absolute Gasteiger partial charge is 0.168 e. The van der Waals surface area contributed by atoms with Gasteiger partial charge in [0.05, 0.1) is 0 Å². The van der Waals surface area contributed by atoms with Crippen LogP contribution in [0.2, 0.25) is 0 Å². The van der Waals surface area contributed by atoms with Crippen LogP contribution in [-0.4, -0.2) is 0 Å². The Bertz CT molecular complexity index is 540.